The average Bonchev–Trinajstić information content (AvgIpc) is 3.54. The van der Waals surface area contributed by atoms with Crippen LogP contribution in [0.4, 0.5) is 5.69 Å². The molecule has 3 heterocycles. The molecule has 0 fully saturated rings. The molecule has 0 aliphatic carbocycles. The Bertz CT molecular complexity index is 1700. The van der Waals surface area contributed by atoms with Gasteiger partial charge in [-0.1, -0.05) is 41.6 Å². The minimum absolute atomic E-state index is 0.318. The van der Waals surface area contributed by atoms with Gasteiger partial charge in [0.15, 0.2) is 17.2 Å². The number of furan rings is 1. The zero-order chi connectivity index (χ0) is 23.6. The maximum absolute atomic E-state index is 6.19. The Morgan fingerprint density at radius 3 is 2.51 bits per heavy atom. The Morgan fingerprint density at radius 2 is 1.71 bits per heavy atom. The molecule has 10 nitrogen and oxygen atoms in total. The van der Waals surface area contributed by atoms with Gasteiger partial charge in [0.05, 0.1) is 16.9 Å². The summed E-state index contributed by atoms with van der Waals surface area (Å²) in [4.78, 5) is 9.17. The third-order valence-corrected chi connectivity index (χ3v) is 5.46. The summed E-state index contributed by atoms with van der Waals surface area (Å²) in [6, 6.07) is 26.7. The number of pyridine rings is 1. The quantitative estimate of drug-likeness (QED) is 0.129. The van der Waals surface area contributed by atoms with E-state index >= 15 is 0 Å². The molecule has 0 unspecified atom stereocenters. The van der Waals surface area contributed by atoms with Crippen molar-refractivity contribution in [2.75, 3.05) is 0 Å². The molecular formula is C25H17N9O. The van der Waals surface area contributed by atoms with E-state index in [-0.39, 0.29) is 0 Å². The smallest absolute Gasteiger partial charge is 0.187 e. The fraction of sp³-hybridized carbons (Fsp3) is 0. The highest BCUT2D eigenvalue weighted by Gasteiger charge is 2.18. The molecule has 3 aromatic heterocycles. The molecule has 0 saturated carbocycles. The van der Waals surface area contributed by atoms with Gasteiger partial charge in [0, 0.05) is 17.1 Å². The molecule has 0 bridgehead atoms. The van der Waals surface area contributed by atoms with E-state index in [0.29, 0.717) is 39.6 Å². The average molecular weight is 459 g/mol. The van der Waals surface area contributed by atoms with Crippen LogP contribution in [0.25, 0.3) is 39.1 Å². The number of nitrogens with zero attached hydrogens (tertiary/aromatic N) is 8. The fourth-order valence-corrected chi connectivity index (χ4v) is 3.90. The summed E-state index contributed by atoms with van der Waals surface area (Å²) in [6.07, 6.45) is 1.68. The SMILES string of the molecule is NN=NC(=Nc1ccccc1)c1ccnc2c1oc1ccc(-c3nnnn3-c3ccccc3)cc12. The summed E-state index contributed by atoms with van der Waals surface area (Å²) < 4.78 is 7.88. The number of hydrogen-bond donors (Lipinski definition) is 1. The molecule has 0 aliphatic heterocycles. The van der Waals surface area contributed by atoms with Crippen LogP contribution in [-0.4, -0.2) is 31.0 Å². The van der Waals surface area contributed by atoms with Crippen LogP contribution in [-0.2, 0) is 0 Å². The Balaban J connectivity index is 1.51. The minimum Gasteiger partial charge on any atom is -0.454 e. The Hall–Kier alpha value is -5.25. The number of benzene rings is 3. The van der Waals surface area contributed by atoms with Gasteiger partial charge in [-0.25, -0.2) is 4.99 Å². The highest BCUT2D eigenvalue weighted by molar-refractivity contribution is 6.14. The standard InChI is InChI=1S/C25H17N9O/c26-31-29-24(28-17-7-3-1-4-8-17)19-13-14-27-22-20-15-16(11-12-21(20)35-23(19)22)25-30-32-33-34(25)18-9-5-2-6-10-18/h1-15H,(H2,26,28,29). The molecule has 0 radical (unpaired) electrons. The van der Waals surface area contributed by atoms with Crippen molar-refractivity contribution in [1.29, 1.82) is 0 Å². The van der Waals surface area contributed by atoms with Gasteiger partial charge in [-0.05, 0) is 59.0 Å². The molecule has 0 amide bonds. The first kappa shape index (κ1) is 20.4. The van der Waals surface area contributed by atoms with Crippen molar-refractivity contribution < 1.29 is 4.42 Å². The summed E-state index contributed by atoms with van der Waals surface area (Å²) in [5.74, 6) is 6.31. The van der Waals surface area contributed by atoms with E-state index in [9.17, 15) is 0 Å². The topological polar surface area (TPSA) is 133 Å². The van der Waals surface area contributed by atoms with Crippen molar-refractivity contribution in [3.8, 4) is 17.1 Å². The first-order valence-electron chi connectivity index (χ1n) is 10.7. The van der Waals surface area contributed by atoms with Gasteiger partial charge in [0.2, 0.25) is 0 Å². The van der Waals surface area contributed by atoms with Gasteiger partial charge < -0.3 is 10.3 Å². The second kappa shape index (κ2) is 8.60. The van der Waals surface area contributed by atoms with Gasteiger partial charge in [-0.3, -0.25) is 4.98 Å². The number of hydrogen-bond acceptors (Lipinski definition) is 7. The molecule has 0 spiro atoms. The maximum atomic E-state index is 6.19. The molecule has 3 aromatic carbocycles. The summed E-state index contributed by atoms with van der Waals surface area (Å²) >= 11 is 0. The van der Waals surface area contributed by atoms with Gasteiger partial charge >= 0.3 is 0 Å². The van der Waals surface area contributed by atoms with E-state index in [1.165, 1.54) is 0 Å². The Labute approximate surface area is 198 Å². The van der Waals surface area contributed by atoms with Crippen molar-refractivity contribution in [3.63, 3.8) is 0 Å². The molecule has 10 heteroatoms. The minimum atomic E-state index is 0.318. The van der Waals surface area contributed by atoms with E-state index in [4.69, 9.17) is 10.3 Å². The van der Waals surface area contributed by atoms with Crippen LogP contribution >= 0.6 is 0 Å². The van der Waals surface area contributed by atoms with Gasteiger partial charge in [-0.15, -0.1) is 10.2 Å². The third-order valence-electron chi connectivity index (χ3n) is 5.46. The highest BCUT2D eigenvalue weighted by atomic mass is 16.3. The number of para-hydroxylation sites is 2. The van der Waals surface area contributed by atoms with Crippen molar-refractivity contribution in [3.05, 3.63) is 96.7 Å². The van der Waals surface area contributed by atoms with Gasteiger partial charge in [-0.2, -0.15) is 4.68 Å². The van der Waals surface area contributed by atoms with Gasteiger partial charge in [0.1, 0.15) is 11.1 Å². The number of tetrazole rings is 1. The molecule has 6 rings (SSSR count). The van der Waals surface area contributed by atoms with Crippen LogP contribution in [0.2, 0.25) is 0 Å². The molecule has 0 atom stereocenters. The zero-order valence-electron chi connectivity index (χ0n) is 18.2. The number of aromatic nitrogens is 5. The van der Waals surface area contributed by atoms with Crippen LogP contribution in [0.15, 0.2) is 111 Å². The number of rotatable bonds is 4. The molecule has 0 saturated heterocycles. The van der Waals surface area contributed by atoms with Crippen molar-refractivity contribution in [1.82, 2.24) is 25.2 Å². The first-order valence-corrected chi connectivity index (χ1v) is 10.7. The molecule has 35 heavy (non-hydrogen) atoms. The number of amidine groups is 1. The van der Waals surface area contributed by atoms with Crippen molar-refractivity contribution >= 4 is 33.6 Å². The predicted molar refractivity (Wildman–Crippen MR) is 131 cm³/mol. The lowest BCUT2D eigenvalue weighted by Crippen LogP contribution is -1.99. The lowest BCUT2D eigenvalue weighted by molar-refractivity contribution is 0.667. The Morgan fingerprint density at radius 1 is 0.914 bits per heavy atom. The van der Waals surface area contributed by atoms with Crippen LogP contribution < -0.4 is 5.84 Å². The van der Waals surface area contributed by atoms with Crippen LogP contribution in [0.5, 0.6) is 0 Å². The summed E-state index contributed by atoms with van der Waals surface area (Å²) in [5.41, 5.74) is 4.87. The largest absolute Gasteiger partial charge is 0.454 e. The van der Waals surface area contributed by atoms with Crippen LogP contribution in [0.3, 0.4) is 0 Å². The second-order valence-corrected chi connectivity index (χ2v) is 7.59. The van der Waals surface area contributed by atoms with E-state index in [0.717, 1.165) is 16.6 Å². The van der Waals surface area contributed by atoms with Crippen LogP contribution in [0.1, 0.15) is 5.56 Å². The molecule has 2 N–H and O–H groups in total. The predicted octanol–water partition coefficient (Wildman–Crippen LogP) is 5.03. The normalized spacial score (nSPS) is 12.2. The van der Waals surface area contributed by atoms with E-state index < -0.39 is 0 Å². The lowest BCUT2D eigenvalue weighted by atomic mass is 10.1. The fourth-order valence-electron chi connectivity index (χ4n) is 3.90. The zero-order valence-corrected chi connectivity index (χ0v) is 18.2. The Kier molecular flexibility index (Phi) is 5.00. The summed E-state index contributed by atoms with van der Waals surface area (Å²) in [5, 5.41) is 20.6. The number of fused-ring (bicyclic) bond motifs is 3. The van der Waals surface area contributed by atoms with Gasteiger partial charge in [0.25, 0.3) is 0 Å². The number of nitrogens with two attached hydrogens (primary N) is 1. The van der Waals surface area contributed by atoms with E-state index in [1.807, 2.05) is 78.9 Å². The molecular weight excluding hydrogens is 442 g/mol. The monoisotopic (exact) mass is 459 g/mol. The number of aliphatic imine (C=N–C) groups is 1. The maximum Gasteiger partial charge on any atom is 0.187 e. The molecule has 168 valence electrons. The van der Waals surface area contributed by atoms with Crippen molar-refractivity contribution in [2.45, 2.75) is 0 Å². The highest BCUT2D eigenvalue weighted by Crippen LogP contribution is 2.33. The molecule has 6 aromatic rings. The second-order valence-electron chi connectivity index (χ2n) is 7.59. The third kappa shape index (κ3) is 3.68. The van der Waals surface area contributed by atoms with E-state index in [1.54, 1.807) is 16.9 Å². The van der Waals surface area contributed by atoms with E-state index in [2.05, 4.69) is 35.8 Å². The van der Waals surface area contributed by atoms with Crippen molar-refractivity contribution in [2.24, 2.45) is 21.2 Å². The molecule has 0 aliphatic rings. The summed E-state index contributed by atoms with van der Waals surface area (Å²) in [6.45, 7) is 0. The van der Waals surface area contributed by atoms with Crippen LogP contribution in [0, 0.1) is 0 Å². The first-order chi connectivity index (χ1) is 17.3. The summed E-state index contributed by atoms with van der Waals surface area (Å²) in [7, 11) is 0. The lowest BCUT2D eigenvalue weighted by Gasteiger charge is -2.04.